The summed E-state index contributed by atoms with van der Waals surface area (Å²) in [6, 6.07) is 7.98. The van der Waals surface area contributed by atoms with Crippen molar-refractivity contribution in [2.45, 2.75) is 20.3 Å². The highest BCUT2D eigenvalue weighted by atomic mass is 16.5. The maximum Gasteiger partial charge on any atom is 0.338 e. The van der Waals surface area contributed by atoms with E-state index in [0.717, 1.165) is 12.0 Å². The predicted octanol–water partition coefficient (Wildman–Crippen LogP) is 3.09. The van der Waals surface area contributed by atoms with Crippen molar-refractivity contribution in [1.29, 1.82) is 0 Å². The second-order valence-electron chi connectivity index (χ2n) is 3.79. The van der Waals surface area contributed by atoms with Gasteiger partial charge < -0.3 is 4.74 Å². The summed E-state index contributed by atoms with van der Waals surface area (Å²) in [4.78, 5) is 11.6. The largest absolute Gasteiger partial charge is 0.423 e. The Morgan fingerprint density at radius 3 is 2.88 bits per heavy atom. The number of benzene rings is 1. The van der Waals surface area contributed by atoms with Gasteiger partial charge in [-0.05, 0) is 31.9 Å². The predicted molar refractivity (Wildman–Crippen MR) is 63.6 cm³/mol. The monoisotopic (exact) mass is 214 g/mol. The van der Waals surface area contributed by atoms with Crippen LogP contribution in [0.3, 0.4) is 0 Å². The molecular formula is C14H14O2. The van der Waals surface area contributed by atoms with Gasteiger partial charge in [0.25, 0.3) is 0 Å². The topological polar surface area (TPSA) is 26.3 Å². The Morgan fingerprint density at radius 1 is 1.38 bits per heavy atom. The van der Waals surface area contributed by atoms with Crippen molar-refractivity contribution in [1.82, 2.24) is 0 Å². The molecule has 1 aliphatic rings. The average molecular weight is 214 g/mol. The molecular weight excluding hydrogens is 200 g/mol. The molecule has 82 valence electrons. The summed E-state index contributed by atoms with van der Waals surface area (Å²) in [6.45, 7) is 3.58. The smallest absolute Gasteiger partial charge is 0.338 e. The molecule has 0 saturated heterocycles. The Balaban J connectivity index is 2.18. The summed E-state index contributed by atoms with van der Waals surface area (Å²) < 4.78 is 5.34. The van der Waals surface area contributed by atoms with Crippen LogP contribution in [0.15, 0.2) is 42.0 Å². The maximum atomic E-state index is 11.6. The summed E-state index contributed by atoms with van der Waals surface area (Å²) in [5, 5.41) is 0. The van der Waals surface area contributed by atoms with Gasteiger partial charge in [0.05, 0.1) is 0 Å². The normalized spacial score (nSPS) is 14.4. The highest BCUT2D eigenvalue weighted by Gasteiger charge is 2.17. The van der Waals surface area contributed by atoms with Crippen LogP contribution in [0.1, 0.15) is 25.0 Å². The number of hydrogen-bond acceptors (Lipinski definition) is 2. The van der Waals surface area contributed by atoms with Gasteiger partial charge in [-0.3, -0.25) is 0 Å². The first-order valence-corrected chi connectivity index (χ1v) is 5.36. The fraction of sp³-hybridized carbons (Fsp3) is 0.214. The second-order valence-corrected chi connectivity index (χ2v) is 3.79. The van der Waals surface area contributed by atoms with Gasteiger partial charge in [-0.25, -0.2) is 4.79 Å². The Morgan fingerprint density at radius 2 is 2.12 bits per heavy atom. The summed E-state index contributed by atoms with van der Waals surface area (Å²) in [5.41, 5.74) is 2.87. The lowest BCUT2D eigenvalue weighted by molar-refractivity contribution is -0.132. The summed E-state index contributed by atoms with van der Waals surface area (Å²) in [6.07, 6.45) is 4.54. The number of fused-ring (bicyclic) bond motifs is 1. The molecule has 0 atom stereocenters. The van der Waals surface area contributed by atoms with E-state index in [1.54, 1.807) is 13.0 Å². The Kier molecular flexibility index (Phi) is 2.91. The van der Waals surface area contributed by atoms with Gasteiger partial charge in [0.1, 0.15) is 5.76 Å². The molecule has 0 fully saturated rings. The van der Waals surface area contributed by atoms with Crippen molar-refractivity contribution in [3.8, 4) is 0 Å². The second kappa shape index (κ2) is 4.35. The summed E-state index contributed by atoms with van der Waals surface area (Å²) >= 11 is 0. The van der Waals surface area contributed by atoms with Crippen LogP contribution in [0, 0.1) is 0 Å². The van der Waals surface area contributed by atoms with E-state index in [4.69, 9.17) is 4.74 Å². The minimum Gasteiger partial charge on any atom is -0.423 e. The third-order valence-electron chi connectivity index (χ3n) is 2.75. The minimum atomic E-state index is -0.273. The lowest BCUT2D eigenvalue weighted by Crippen LogP contribution is -2.04. The number of hydrogen-bond donors (Lipinski definition) is 0. The SMILES string of the molecule is C/C=C(/C)C(=O)OC1=CCc2ccccc21. The molecule has 2 nitrogen and oxygen atoms in total. The molecule has 2 heteroatoms. The van der Waals surface area contributed by atoms with Crippen LogP contribution in [0.4, 0.5) is 0 Å². The number of ether oxygens (including phenoxy) is 1. The van der Waals surface area contributed by atoms with E-state index >= 15 is 0 Å². The van der Waals surface area contributed by atoms with Gasteiger partial charge in [-0.1, -0.05) is 30.3 Å². The van der Waals surface area contributed by atoms with Gasteiger partial charge in [0.2, 0.25) is 0 Å². The van der Waals surface area contributed by atoms with Gasteiger partial charge in [0, 0.05) is 11.1 Å². The van der Waals surface area contributed by atoms with E-state index < -0.39 is 0 Å². The molecule has 0 unspecified atom stereocenters. The van der Waals surface area contributed by atoms with E-state index in [1.165, 1.54) is 5.56 Å². The van der Waals surface area contributed by atoms with E-state index in [9.17, 15) is 4.79 Å². The van der Waals surface area contributed by atoms with Crippen LogP contribution in [0.2, 0.25) is 0 Å². The van der Waals surface area contributed by atoms with Crippen LogP contribution in [-0.4, -0.2) is 5.97 Å². The zero-order chi connectivity index (χ0) is 11.5. The molecule has 0 aromatic heterocycles. The van der Waals surface area contributed by atoms with Crippen LogP contribution in [0.5, 0.6) is 0 Å². The molecule has 16 heavy (non-hydrogen) atoms. The van der Waals surface area contributed by atoms with E-state index in [0.29, 0.717) is 11.3 Å². The lowest BCUT2D eigenvalue weighted by atomic mass is 10.1. The first-order valence-electron chi connectivity index (χ1n) is 5.36. The molecule has 0 radical (unpaired) electrons. The molecule has 1 aromatic rings. The van der Waals surface area contributed by atoms with Gasteiger partial charge in [-0.15, -0.1) is 0 Å². The first kappa shape index (κ1) is 10.7. The average Bonchev–Trinajstić information content (AvgIpc) is 2.72. The fourth-order valence-electron chi connectivity index (χ4n) is 1.65. The van der Waals surface area contributed by atoms with Gasteiger partial charge in [0.15, 0.2) is 0 Å². The van der Waals surface area contributed by atoms with Crippen LogP contribution in [0.25, 0.3) is 5.76 Å². The molecule has 2 rings (SSSR count). The molecule has 0 aliphatic heterocycles. The highest BCUT2D eigenvalue weighted by Crippen LogP contribution is 2.28. The number of esters is 1. The van der Waals surface area contributed by atoms with E-state index in [-0.39, 0.29) is 5.97 Å². The van der Waals surface area contributed by atoms with Crippen molar-refractivity contribution in [3.63, 3.8) is 0 Å². The van der Waals surface area contributed by atoms with Crippen molar-refractivity contribution in [3.05, 3.63) is 53.1 Å². The molecule has 0 bridgehead atoms. The zero-order valence-electron chi connectivity index (χ0n) is 9.49. The third-order valence-corrected chi connectivity index (χ3v) is 2.75. The summed E-state index contributed by atoms with van der Waals surface area (Å²) in [7, 11) is 0. The van der Waals surface area contributed by atoms with Gasteiger partial charge in [-0.2, -0.15) is 0 Å². The van der Waals surface area contributed by atoms with Crippen molar-refractivity contribution >= 4 is 11.7 Å². The highest BCUT2D eigenvalue weighted by molar-refractivity contribution is 5.92. The van der Waals surface area contributed by atoms with Crippen LogP contribution in [-0.2, 0) is 16.0 Å². The Bertz CT molecular complexity index is 481. The number of allylic oxidation sites excluding steroid dienone is 2. The van der Waals surface area contributed by atoms with Gasteiger partial charge >= 0.3 is 5.97 Å². The molecule has 0 heterocycles. The zero-order valence-corrected chi connectivity index (χ0v) is 9.49. The van der Waals surface area contributed by atoms with Crippen molar-refractivity contribution in [2.24, 2.45) is 0 Å². The Labute approximate surface area is 95.2 Å². The van der Waals surface area contributed by atoms with Crippen LogP contribution < -0.4 is 0 Å². The molecule has 0 N–H and O–H groups in total. The lowest BCUT2D eigenvalue weighted by Gasteiger charge is -2.06. The molecule has 0 saturated carbocycles. The van der Waals surface area contributed by atoms with Crippen molar-refractivity contribution in [2.75, 3.05) is 0 Å². The fourth-order valence-corrected chi connectivity index (χ4v) is 1.65. The number of carbonyl (C=O) groups excluding carboxylic acids is 1. The summed E-state index contributed by atoms with van der Waals surface area (Å²) in [5.74, 6) is 0.409. The molecule has 0 spiro atoms. The van der Waals surface area contributed by atoms with E-state index in [1.807, 2.05) is 31.2 Å². The number of rotatable bonds is 2. The molecule has 1 aromatic carbocycles. The Hall–Kier alpha value is -1.83. The quantitative estimate of drug-likeness (QED) is 0.558. The van der Waals surface area contributed by atoms with Crippen molar-refractivity contribution < 1.29 is 9.53 Å². The van der Waals surface area contributed by atoms with Crippen LogP contribution >= 0.6 is 0 Å². The molecule has 1 aliphatic carbocycles. The third kappa shape index (κ3) is 1.91. The number of carbonyl (C=O) groups is 1. The first-order chi connectivity index (χ1) is 7.72. The standard InChI is InChI=1S/C14H14O2/c1-3-10(2)14(15)16-13-9-8-11-6-4-5-7-12(11)13/h3-7,9H,8H2,1-2H3/b10-3-. The van der Waals surface area contributed by atoms with E-state index in [2.05, 4.69) is 6.07 Å². The molecule has 0 amide bonds. The minimum absolute atomic E-state index is 0.273. The maximum absolute atomic E-state index is 11.6.